The average molecular weight is 372 g/mol. The number of hydrogen-bond donors (Lipinski definition) is 0. The third kappa shape index (κ3) is 4.00. The number of likely N-dealkylation sites (tertiary alicyclic amines) is 1. The molecule has 0 aliphatic carbocycles. The first-order valence-electron chi connectivity index (χ1n) is 9.48. The van der Waals surface area contributed by atoms with Gasteiger partial charge < -0.3 is 14.2 Å². The molecule has 2 aromatic rings. The first-order valence-corrected chi connectivity index (χ1v) is 9.48. The third-order valence-electron chi connectivity index (χ3n) is 5.44. The lowest BCUT2D eigenvalue weighted by molar-refractivity contribution is 0.00465. The second kappa shape index (κ2) is 7.35. The van der Waals surface area contributed by atoms with Crippen LogP contribution in [0, 0.1) is 5.82 Å². The number of rotatable bonds is 4. The van der Waals surface area contributed by atoms with Gasteiger partial charge >= 0.3 is 0 Å². The molecule has 3 heterocycles. The normalized spacial score (nSPS) is 20.1. The number of pyridine rings is 1. The van der Waals surface area contributed by atoms with Gasteiger partial charge in [0.2, 0.25) is 0 Å². The van der Waals surface area contributed by atoms with Crippen LogP contribution in [-0.2, 0) is 0 Å². The van der Waals surface area contributed by atoms with Crippen molar-refractivity contribution in [2.24, 2.45) is 0 Å². The molecule has 1 saturated heterocycles. The molecule has 0 spiro atoms. The van der Waals surface area contributed by atoms with Crippen LogP contribution in [0.15, 0.2) is 36.4 Å². The van der Waals surface area contributed by atoms with Crippen molar-refractivity contribution >= 4 is 0 Å². The molecule has 0 radical (unpaired) electrons. The third-order valence-corrected chi connectivity index (χ3v) is 5.44. The number of fused-ring (bicyclic) bond motifs is 1. The number of ether oxygens (including phenoxy) is 3. The highest BCUT2D eigenvalue weighted by molar-refractivity contribution is 5.36. The Morgan fingerprint density at radius 3 is 2.52 bits per heavy atom. The molecule has 2 aliphatic heterocycles. The van der Waals surface area contributed by atoms with E-state index in [-0.39, 0.29) is 17.5 Å². The van der Waals surface area contributed by atoms with Crippen LogP contribution < -0.4 is 14.2 Å². The number of halogens is 1. The van der Waals surface area contributed by atoms with E-state index in [1.165, 1.54) is 12.1 Å². The summed E-state index contributed by atoms with van der Waals surface area (Å²) in [5.41, 5.74) is 0.746. The van der Waals surface area contributed by atoms with E-state index in [9.17, 15) is 4.39 Å². The highest BCUT2D eigenvalue weighted by Crippen LogP contribution is 2.34. The summed E-state index contributed by atoms with van der Waals surface area (Å²) in [6.45, 7) is 7.23. The highest BCUT2D eigenvalue weighted by Gasteiger charge is 2.34. The average Bonchev–Trinajstić information content (AvgIpc) is 2.69. The number of piperidine rings is 1. The number of hydrogen-bond acceptors (Lipinski definition) is 5. The lowest BCUT2D eigenvalue weighted by Crippen LogP contribution is -2.46. The Balaban J connectivity index is 1.38. The molecule has 1 aromatic heterocycles. The Bertz CT molecular complexity index is 789. The Morgan fingerprint density at radius 2 is 1.78 bits per heavy atom. The zero-order valence-corrected chi connectivity index (χ0v) is 15.8. The number of nitrogens with zero attached hydrogens (tertiary/aromatic N) is 2. The first kappa shape index (κ1) is 18.0. The molecule has 4 rings (SSSR count). The van der Waals surface area contributed by atoms with Crippen molar-refractivity contribution in [2.75, 3.05) is 26.3 Å². The fourth-order valence-electron chi connectivity index (χ4n) is 3.64. The van der Waals surface area contributed by atoms with Gasteiger partial charge in [0.1, 0.15) is 30.4 Å². The molecule has 1 fully saturated rings. The maximum Gasteiger partial charge on any atom is 0.257 e. The van der Waals surface area contributed by atoms with Gasteiger partial charge in [-0.1, -0.05) is 0 Å². The van der Waals surface area contributed by atoms with Crippen LogP contribution >= 0.6 is 0 Å². The number of benzene rings is 1. The van der Waals surface area contributed by atoms with Gasteiger partial charge in [0.15, 0.2) is 5.75 Å². The molecule has 1 aromatic carbocycles. The van der Waals surface area contributed by atoms with Crippen LogP contribution in [0.1, 0.15) is 38.4 Å². The van der Waals surface area contributed by atoms with E-state index in [4.69, 9.17) is 14.2 Å². The molecule has 5 nitrogen and oxygen atoms in total. The van der Waals surface area contributed by atoms with Crippen molar-refractivity contribution in [3.05, 3.63) is 47.9 Å². The zero-order chi connectivity index (χ0) is 18.9. The van der Waals surface area contributed by atoms with E-state index in [1.807, 2.05) is 12.1 Å². The maximum atomic E-state index is 13.1. The molecule has 144 valence electrons. The molecule has 0 saturated carbocycles. The van der Waals surface area contributed by atoms with E-state index < -0.39 is 0 Å². The smallest absolute Gasteiger partial charge is 0.257 e. The summed E-state index contributed by atoms with van der Waals surface area (Å²) in [5.74, 6) is 1.78. The van der Waals surface area contributed by atoms with Crippen molar-refractivity contribution in [3.63, 3.8) is 0 Å². The molecule has 27 heavy (non-hydrogen) atoms. The molecule has 0 amide bonds. The Hall–Kier alpha value is -2.34. The van der Waals surface area contributed by atoms with Crippen LogP contribution in [0.25, 0.3) is 0 Å². The van der Waals surface area contributed by atoms with E-state index in [0.717, 1.165) is 37.4 Å². The maximum absolute atomic E-state index is 13.1. The molecule has 6 heteroatoms. The summed E-state index contributed by atoms with van der Waals surface area (Å²) in [4.78, 5) is 7.06. The van der Waals surface area contributed by atoms with Crippen LogP contribution in [0.3, 0.4) is 0 Å². The summed E-state index contributed by atoms with van der Waals surface area (Å²) in [5, 5.41) is 0. The van der Waals surface area contributed by atoms with E-state index >= 15 is 0 Å². The summed E-state index contributed by atoms with van der Waals surface area (Å²) in [6.07, 6.45) is 1.80. The fraction of sp³-hybridized carbons (Fsp3) is 0.476. The van der Waals surface area contributed by atoms with E-state index in [2.05, 4.69) is 23.7 Å². The topological polar surface area (TPSA) is 43.8 Å². The molecule has 0 bridgehead atoms. The SMILES string of the molecule is CC(c1ccc2c(n1)OCCO2)N1CCC(C)(Oc2ccc(F)cc2)CC1. The minimum Gasteiger partial charge on any atom is -0.487 e. The minimum absolute atomic E-state index is 0.191. The Kier molecular flexibility index (Phi) is 4.91. The van der Waals surface area contributed by atoms with Crippen molar-refractivity contribution in [1.82, 2.24) is 9.88 Å². The number of aromatic nitrogens is 1. The Labute approximate surface area is 159 Å². The molecule has 1 unspecified atom stereocenters. The van der Waals surface area contributed by atoms with Gasteiger partial charge in [-0.15, -0.1) is 0 Å². The molecular weight excluding hydrogens is 347 g/mol. The van der Waals surface area contributed by atoms with Crippen molar-refractivity contribution in [3.8, 4) is 17.4 Å². The summed E-state index contributed by atoms with van der Waals surface area (Å²) in [7, 11) is 0. The standard InChI is InChI=1S/C21H25FN2O3/c1-15(18-7-8-19-20(23-18)26-14-13-25-19)24-11-9-21(2,10-12-24)27-17-5-3-16(22)4-6-17/h3-8,15H,9-14H2,1-2H3. The van der Waals surface area contributed by atoms with Gasteiger partial charge in [-0.05, 0) is 63.1 Å². The van der Waals surface area contributed by atoms with Gasteiger partial charge in [0.05, 0.1) is 5.69 Å². The van der Waals surface area contributed by atoms with Gasteiger partial charge in [-0.3, -0.25) is 4.90 Å². The van der Waals surface area contributed by atoms with E-state index in [1.54, 1.807) is 12.1 Å². The molecule has 2 aliphatic rings. The zero-order valence-electron chi connectivity index (χ0n) is 15.8. The van der Waals surface area contributed by atoms with Crippen LogP contribution in [0.2, 0.25) is 0 Å². The second-order valence-corrected chi connectivity index (χ2v) is 7.45. The van der Waals surface area contributed by atoms with Gasteiger partial charge in [0.25, 0.3) is 5.88 Å². The minimum atomic E-state index is -0.247. The fourth-order valence-corrected chi connectivity index (χ4v) is 3.64. The van der Waals surface area contributed by atoms with E-state index in [0.29, 0.717) is 24.8 Å². The van der Waals surface area contributed by atoms with Crippen molar-refractivity contribution in [1.29, 1.82) is 0 Å². The first-order chi connectivity index (χ1) is 13.0. The van der Waals surface area contributed by atoms with Crippen molar-refractivity contribution in [2.45, 2.75) is 38.3 Å². The van der Waals surface area contributed by atoms with Crippen molar-refractivity contribution < 1.29 is 18.6 Å². The van der Waals surface area contributed by atoms with Crippen LogP contribution in [0.4, 0.5) is 4.39 Å². The van der Waals surface area contributed by atoms with Gasteiger partial charge in [-0.2, -0.15) is 0 Å². The monoisotopic (exact) mass is 372 g/mol. The predicted molar refractivity (Wildman–Crippen MR) is 99.9 cm³/mol. The van der Waals surface area contributed by atoms with Crippen LogP contribution in [-0.4, -0.2) is 41.8 Å². The lowest BCUT2D eigenvalue weighted by Gasteiger charge is -2.41. The largest absolute Gasteiger partial charge is 0.487 e. The molecule has 1 atom stereocenters. The van der Waals surface area contributed by atoms with Crippen LogP contribution in [0.5, 0.6) is 17.4 Å². The summed E-state index contributed by atoms with van der Waals surface area (Å²) >= 11 is 0. The highest BCUT2D eigenvalue weighted by atomic mass is 19.1. The van der Waals surface area contributed by atoms with Gasteiger partial charge in [-0.25, -0.2) is 9.37 Å². The van der Waals surface area contributed by atoms with Gasteiger partial charge in [0, 0.05) is 19.1 Å². The summed E-state index contributed by atoms with van der Waals surface area (Å²) < 4.78 is 30.4. The lowest BCUT2D eigenvalue weighted by atomic mass is 9.92. The second-order valence-electron chi connectivity index (χ2n) is 7.45. The predicted octanol–water partition coefficient (Wildman–Crippen LogP) is 3.99. The molecule has 0 N–H and O–H groups in total. The Morgan fingerprint density at radius 1 is 1.07 bits per heavy atom. The molecular formula is C21H25FN2O3. The summed E-state index contributed by atoms with van der Waals surface area (Å²) in [6, 6.07) is 10.4. The quantitative estimate of drug-likeness (QED) is 0.812.